The summed E-state index contributed by atoms with van der Waals surface area (Å²) in [4.78, 5) is 12.1. The minimum Gasteiger partial charge on any atom is -0.353 e. The lowest BCUT2D eigenvalue weighted by molar-refractivity contribution is -0.123. The Balaban J connectivity index is 1.70. The zero-order valence-electron chi connectivity index (χ0n) is 12.4. The van der Waals surface area contributed by atoms with Crippen molar-refractivity contribution in [3.8, 4) is 0 Å². The van der Waals surface area contributed by atoms with Gasteiger partial charge >= 0.3 is 0 Å². The molecule has 3 heteroatoms. The fraction of sp³-hybridized carbons (Fsp3) is 0.938. The summed E-state index contributed by atoms with van der Waals surface area (Å²) in [6.45, 7) is 4.50. The molecule has 19 heavy (non-hydrogen) atoms. The van der Waals surface area contributed by atoms with Gasteiger partial charge in [-0.2, -0.15) is 0 Å². The van der Waals surface area contributed by atoms with E-state index in [4.69, 9.17) is 0 Å². The molecular weight excluding hydrogens is 236 g/mol. The van der Waals surface area contributed by atoms with Crippen molar-refractivity contribution in [2.24, 2.45) is 11.8 Å². The van der Waals surface area contributed by atoms with Gasteiger partial charge in [-0.3, -0.25) is 4.79 Å². The van der Waals surface area contributed by atoms with E-state index in [1.165, 1.54) is 51.4 Å². The number of carbonyl (C=O) groups excluding carboxylic acids is 1. The van der Waals surface area contributed by atoms with E-state index in [0.29, 0.717) is 12.0 Å². The molecule has 2 N–H and O–H groups in total. The zero-order valence-corrected chi connectivity index (χ0v) is 12.4. The minimum atomic E-state index is 0.290. The highest BCUT2D eigenvalue weighted by Gasteiger charge is 2.23. The van der Waals surface area contributed by atoms with Crippen molar-refractivity contribution in [3.05, 3.63) is 0 Å². The summed E-state index contributed by atoms with van der Waals surface area (Å²) in [6, 6.07) is 0.454. The highest BCUT2D eigenvalue weighted by atomic mass is 16.1. The van der Waals surface area contributed by atoms with E-state index in [-0.39, 0.29) is 5.91 Å². The van der Waals surface area contributed by atoms with Crippen LogP contribution in [0.3, 0.4) is 0 Å². The van der Waals surface area contributed by atoms with Gasteiger partial charge in [-0.25, -0.2) is 0 Å². The molecule has 1 unspecified atom stereocenters. The topological polar surface area (TPSA) is 41.1 Å². The normalized spacial score (nSPS) is 24.7. The molecule has 0 aromatic rings. The van der Waals surface area contributed by atoms with Crippen molar-refractivity contribution in [2.45, 2.75) is 70.8 Å². The van der Waals surface area contributed by atoms with Crippen LogP contribution in [0.1, 0.15) is 64.7 Å². The van der Waals surface area contributed by atoms with Crippen LogP contribution in [0.2, 0.25) is 0 Å². The summed E-state index contributed by atoms with van der Waals surface area (Å²) >= 11 is 0. The highest BCUT2D eigenvalue weighted by molar-refractivity contribution is 5.76. The van der Waals surface area contributed by atoms with Gasteiger partial charge in [0.1, 0.15) is 0 Å². The van der Waals surface area contributed by atoms with Crippen LogP contribution >= 0.6 is 0 Å². The summed E-state index contributed by atoms with van der Waals surface area (Å²) in [5.41, 5.74) is 0. The maximum Gasteiger partial charge on any atom is 0.220 e. The van der Waals surface area contributed by atoms with Crippen molar-refractivity contribution in [1.29, 1.82) is 0 Å². The molecule has 0 aromatic carbocycles. The summed E-state index contributed by atoms with van der Waals surface area (Å²) in [5, 5.41) is 6.67. The summed E-state index contributed by atoms with van der Waals surface area (Å²) in [5.74, 6) is 1.56. The van der Waals surface area contributed by atoms with E-state index in [0.717, 1.165) is 25.4 Å². The number of piperidine rings is 1. The molecular formula is C16H30N2O. The van der Waals surface area contributed by atoms with Gasteiger partial charge in [0.2, 0.25) is 5.91 Å². The van der Waals surface area contributed by atoms with Crippen LogP contribution in [-0.4, -0.2) is 25.0 Å². The first kappa shape index (κ1) is 14.8. The molecule has 1 amide bonds. The molecule has 0 bridgehead atoms. The summed E-state index contributed by atoms with van der Waals surface area (Å²) in [6.07, 6.45) is 10.8. The molecule has 0 radical (unpaired) electrons. The molecule has 1 aliphatic carbocycles. The Labute approximate surface area is 117 Å². The average molecular weight is 266 g/mol. The molecule has 1 aliphatic heterocycles. The van der Waals surface area contributed by atoms with Crippen LogP contribution in [0.25, 0.3) is 0 Å². The predicted molar refractivity (Wildman–Crippen MR) is 79.0 cm³/mol. The lowest BCUT2D eigenvalue weighted by Gasteiger charge is -2.28. The van der Waals surface area contributed by atoms with Crippen molar-refractivity contribution in [3.63, 3.8) is 0 Å². The van der Waals surface area contributed by atoms with Crippen LogP contribution in [0.15, 0.2) is 0 Å². The van der Waals surface area contributed by atoms with Gasteiger partial charge in [0.25, 0.3) is 0 Å². The predicted octanol–water partition coefficient (Wildman–Crippen LogP) is 2.85. The zero-order chi connectivity index (χ0) is 13.5. The maximum absolute atomic E-state index is 12.1. The number of amides is 1. The van der Waals surface area contributed by atoms with Crippen molar-refractivity contribution < 1.29 is 4.79 Å². The third kappa shape index (κ3) is 5.13. The van der Waals surface area contributed by atoms with Gasteiger partial charge in [0.15, 0.2) is 0 Å². The molecule has 0 aromatic heterocycles. The Kier molecular flexibility index (Phi) is 6.15. The molecule has 1 saturated heterocycles. The van der Waals surface area contributed by atoms with Gasteiger partial charge in [0.05, 0.1) is 0 Å². The molecule has 0 spiro atoms. The number of hydrogen-bond acceptors (Lipinski definition) is 2. The number of carbonyl (C=O) groups is 1. The fourth-order valence-corrected chi connectivity index (χ4v) is 3.58. The van der Waals surface area contributed by atoms with Gasteiger partial charge in [0, 0.05) is 12.5 Å². The van der Waals surface area contributed by atoms with Crippen LogP contribution in [-0.2, 0) is 4.79 Å². The first-order valence-corrected chi connectivity index (χ1v) is 8.26. The second-order valence-corrected chi connectivity index (χ2v) is 6.52. The van der Waals surface area contributed by atoms with Gasteiger partial charge in [-0.1, -0.05) is 32.6 Å². The van der Waals surface area contributed by atoms with Crippen molar-refractivity contribution in [1.82, 2.24) is 10.6 Å². The van der Waals surface area contributed by atoms with Crippen LogP contribution in [0.4, 0.5) is 0 Å². The largest absolute Gasteiger partial charge is 0.353 e. The highest BCUT2D eigenvalue weighted by Crippen LogP contribution is 2.24. The molecule has 1 heterocycles. The van der Waals surface area contributed by atoms with E-state index in [9.17, 15) is 4.79 Å². The minimum absolute atomic E-state index is 0.290. The van der Waals surface area contributed by atoms with E-state index in [1.54, 1.807) is 0 Å². The molecule has 3 nitrogen and oxygen atoms in total. The van der Waals surface area contributed by atoms with E-state index in [1.807, 2.05) is 0 Å². The molecule has 2 rings (SSSR count). The lowest BCUT2D eigenvalue weighted by Crippen LogP contribution is -2.37. The average Bonchev–Trinajstić information content (AvgIpc) is 2.68. The summed E-state index contributed by atoms with van der Waals surface area (Å²) in [7, 11) is 0. The van der Waals surface area contributed by atoms with E-state index >= 15 is 0 Å². The monoisotopic (exact) mass is 266 g/mol. The van der Waals surface area contributed by atoms with Gasteiger partial charge in [-0.15, -0.1) is 0 Å². The first-order valence-electron chi connectivity index (χ1n) is 8.26. The Hall–Kier alpha value is -0.570. The number of hydrogen-bond donors (Lipinski definition) is 2. The van der Waals surface area contributed by atoms with Gasteiger partial charge in [-0.05, 0) is 50.6 Å². The second kappa shape index (κ2) is 7.88. The third-order valence-corrected chi connectivity index (χ3v) is 4.92. The standard InChI is InChI=1S/C16H30N2O/c1-13(14-8-10-17-11-9-14)12-16(19)18-15-6-4-2-3-5-7-15/h13-15,17H,2-12H2,1H3,(H,18,19). The van der Waals surface area contributed by atoms with Crippen LogP contribution in [0.5, 0.6) is 0 Å². The maximum atomic E-state index is 12.1. The van der Waals surface area contributed by atoms with Crippen molar-refractivity contribution >= 4 is 5.91 Å². The van der Waals surface area contributed by atoms with Crippen molar-refractivity contribution in [2.75, 3.05) is 13.1 Å². The molecule has 1 atom stereocenters. The third-order valence-electron chi connectivity index (χ3n) is 4.92. The SMILES string of the molecule is CC(CC(=O)NC1CCCCCC1)C1CCNCC1. The quantitative estimate of drug-likeness (QED) is 0.768. The Bertz CT molecular complexity index is 266. The number of nitrogens with one attached hydrogen (secondary N) is 2. The molecule has 1 saturated carbocycles. The Morgan fingerprint density at radius 2 is 1.74 bits per heavy atom. The molecule has 2 aliphatic rings. The number of rotatable bonds is 4. The lowest BCUT2D eigenvalue weighted by atomic mass is 9.84. The second-order valence-electron chi connectivity index (χ2n) is 6.52. The Morgan fingerprint density at radius 3 is 2.37 bits per heavy atom. The van der Waals surface area contributed by atoms with Crippen LogP contribution < -0.4 is 10.6 Å². The van der Waals surface area contributed by atoms with Crippen LogP contribution in [0, 0.1) is 11.8 Å². The first-order chi connectivity index (χ1) is 9.25. The molecule has 110 valence electrons. The van der Waals surface area contributed by atoms with Gasteiger partial charge < -0.3 is 10.6 Å². The fourth-order valence-electron chi connectivity index (χ4n) is 3.58. The Morgan fingerprint density at radius 1 is 1.11 bits per heavy atom. The van der Waals surface area contributed by atoms with E-state index in [2.05, 4.69) is 17.6 Å². The summed E-state index contributed by atoms with van der Waals surface area (Å²) < 4.78 is 0. The van der Waals surface area contributed by atoms with E-state index < -0.39 is 0 Å². The molecule has 2 fully saturated rings. The smallest absolute Gasteiger partial charge is 0.220 e.